The molecule has 0 radical (unpaired) electrons. The van der Waals surface area contributed by atoms with Crippen molar-refractivity contribution in [3.8, 4) is 0 Å². The van der Waals surface area contributed by atoms with Gasteiger partial charge in [-0.2, -0.15) is 0 Å². The third kappa shape index (κ3) is 2.90. The predicted octanol–water partition coefficient (Wildman–Crippen LogP) is 3.89. The van der Waals surface area contributed by atoms with Crippen LogP contribution in [0.15, 0.2) is 30.3 Å². The maximum absolute atomic E-state index is 12.5. The van der Waals surface area contributed by atoms with Gasteiger partial charge in [-0.05, 0) is 42.7 Å². The second kappa shape index (κ2) is 6.15. The van der Waals surface area contributed by atoms with E-state index < -0.39 is 0 Å². The number of fused-ring (bicyclic) bond motifs is 1. The Hall–Kier alpha value is -1.77. The molecule has 1 heterocycles. The van der Waals surface area contributed by atoms with E-state index in [-0.39, 0.29) is 5.91 Å². The topological polar surface area (TPSA) is 34.0 Å². The SMILES string of the molecule is Cc1cc2ccccc2n1CC(=O)N[C@H]1CCC[C@@H](C)[C@@H]1C. The number of aryl methyl sites for hydroxylation is 1. The maximum Gasteiger partial charge on any atom is 0.240 e. The Bertz CT molecular complexity index is 673. The van der Waals surface area contributed by atoms with Gasteiger partial charge >= 0.3 is 0 Å². The van der Waals surface area contributed by atoms with Crippen molar-refractivity contribution in [2.45, 2.75) is 52.6 Å². The Balaban J connectivity index is 1.72. The zero-order chi connectivity index (χ0) is 15.7. The first kappa shape index (κ1) is 15.1. The van der Waals surface area contributed by atoms with Gasteiger partial charge in [0.05, 0.1) is 0 Å². The summed E-state index contributed by atoms with van der Waals surface area (Å²) in [5.74, 6) is 1.41. The van der Waals surface area contributed by atoms with Crippen LogP contribution in [0.1, 0.15) is 38.8 Å². The summed E-state index contributed by atoms with van der Waals surface area (Å²) < 4.78 is 2.11. The van der Waals surface area contributed by atoms with Crippen LogP contribution in [0.25, 0.3) is 10.9 Å². The fraction of sp³-hybridized carbons (Fsp3) is 0.526. The number of rotatable bonds is 3. The van der Waals surface area contributed by atoms with Gasteiger partial charge in [0.15, 0.2) is 0 Å². The number of hydrogen-bond acceptors (Lipinski definition) is 1. The van der Waals surface area contributed by atoms with Crippen LogP contribution in [0.5, 0.6) is 0 Å². The molecule has 1 amide bonds. The average molecular weight is 298 g/mol. The number of hydrogen-bond donors (Lipinski definition) is 1. The van der Waals surface area contributed by atoms with Gasteiger partial charge in [0.25, 0.3) is 0 Å². The van der Waals surface area contributed by atoms with Gasteiger partial charge in [-0.3, -0.25) is 4.79 Å². The zero-order valence-corrected chi connectivity index (χ0v) is 13.8. The number of carbonyl (C=O) groups excluding carboxylic acids is 1. The Morgan fingerprint density at radius 3 is 2.86 bits per heavy atom. The third-order valence-electron chi connectivity index (χ3n) is 5.37. The summed E-state index contributed by atoms with van der Waals surface area (Å²) in [5.41, 5.74) is 2.28. The molecule has 1 aromatic heterocycles. The fourth-order valence-corrected chi connectivity index (χ4v) is 3.74. The number of nitrogens with one attached hydrogen (secondary N) is 1. The van der Waals surface area contributed by atoms with E-state index in [9.17, 15) is 4.79 Å². The first-order valence-electron chi connectivity index (χ1n) is 8.40. The summed E-state index contributed by atoms with van der Waals surface area (Å²) in [6, 6.07) is 10.7. The van der Waals surface area contributed by atoms with Crippen LogP contribution in [0.3, 0.4) is 0 Å². The standard InChI is InChI=1S/C19H26N2O/c1-13-7-6-9-17(15(13)3)20-19(22)12-21-14(2)11-16-8-4-5-10-18(16)21/h4-5,8,10-11,13,15,17H,6-7,9,12H2,1-3H3,(H,20,22)/t13-,15+,17+/m1/s1. The Morgan fingerprint density at radius 2 is 2.05 bits per heavy atom. The van der Waals surface area contributed by atoms with E-state index in [1.165, 1.54) is 18.2 Å². The largest absolute Gasteiger partial charge is 0.352 e. The normalized spacial score (nSPS) is 25.3. The monoisotopic (exact) mass is 298 g/mol. The molecular weight excluding hydrogens is 272 g/mol. The second-order valence-corrected chi connectivity index (χ2v) is 6.87. The summed E-state index contributed by atoms with van der Waals surface area (Å²) in [5, 5.41) is 4.47. The summed E-state index contributed by atoms with van der Waals surface area (Å²) in [4.78, 5) is 12.5. The number of nitrogens with zero attached hydrogens (tertiary/aromatic N) is 1. The van der Waals surface area contributed by atoms with Crippen LogP contribution in [0.4, 0.5) is 0 Å². The van der Waals surface area contributed by atoms with Gasteiger partial charge in [-0.25, -0.2) is 0 Å². The number of benzene rings is 1. The molecule has 1 fully saturated rings. The first-order valence-corrected chi connectivity index (χ1v) is 8.40. The Morgan fingerprint density at radius 1 is 1.27 bits per heavy atom. The van der Waals surface area contributed by atoms with E-state index in [2.05, 4.69) is 48.9 Å². The quantitative estimate of drug-likeness (QED) is 0.916. The number of aromatic nitrogens is 1. The Kier molecular flexibility index (Phi) is 4.23. The average Bonchev–Trinajstić information content (AvgIpc) is 2.80. The molecule has 1 saturated carbocycles. The molecule has 0 aliphatic heterocycles. The first-order chi connectivity index (χ1) is 10.6. The van der Waals surface area contributed by atoms with Gasteiger partial charge in [-0.15, -0.1) is 0 Å². The minimum atomic E-state index is 0.135. The lowest BCUT2D eigenvalue weighted by molar-refractivity contribution is -0.123. The van der Waals surface area contributed by atoms with E-state index in [1.807, 2.05) is 12.1 Å². The number of carbonyl (C=O) groups is 1. The van der Waals surface area contributed by atoms with Crippen LogP contribution in [0, 0.1) is 18.8 Å². The van der Waals surface area contributed by atoms with Crippen LogP contribution in [0.2, 0.25) is 0 Å². The second-order valence-electron chi connectivity index (χ2n) is 6.87. The van der Waals surface area contributed by atoms with Crippen LogP contribution in [-0.2, 0) is 11.3 Å². The molecule has 0 spiro atoms. The van der Waals surface area contributed by atoms with E-state index in [1.54, 1.807) is 0 Å². The van der Waals surface area contributed by atoms with Crippen molar-refractivity contribution in [1.82, 2.24) is 9.88 Å². The molecule has 3 heteroatoms. The molecule has 3 atom stereocenters. The molecular formula is C19H26N2O. The highest BCUT2D eigenvalue weighted by Gasteiger charge is 2.28. The van der Waals surface area contributed by atoms with Gasteiger partial charge < -0.3 is 9.88 Å². The predicted molar refractivity (Wildman–Crippen MR) is 90.8 cm³/mol. The number of para-hydroxylation sites is 1. The van der Waals surface area contributed by atoms with E-state index in [0.717, 1.165) is 17.6 Å². The van der Waals surface area contributed by atoms with Crippen LogP contribution in [-0.4, -0.2) is 16.5 Å². The lowest BCUT2D eigenvalue weighted by atomic mass is 9.78. The smallest absolute Gasteiger partial charge is 0.240 e. The third-order valence-corrected chi connectivity index (χ3v) is 5.37. The van der Waals surface area contributed by atoms with Gasteiger partial charge in [0.2, 0.25) is 5.91 Å². The van der Waals surface area contributed by atoms with Crippen molar-refractivity contribution >= 4 is 16.8 Å². The number of amides is 1. The minimum absolute atomic E-state index is 0.135. The molecule has 3 rings (SSSR count). The van der Waals surface area contributed by atoms with Crippen molar-refractivity contribution in [3.63, 3.8) is 0 Å². The lowest BCUT2D eigenvalue weighted by Gasteiger charge is -2.34. The van der Waals surface area contributed by atoms with Crippen molar-refractivity contribution in [2.75, 3.05) is 0 Å². The molecule has 2 aromatic rings. The molecule has 0 saturated heterocycles. The highest BCUT2D eigenvalue weighted by atomic mass is 16.2. The molecule has 1 aliphatic rings. The molecule has 0 bridgehead atoms. The molecule has 1 aliphatic carbocycles. The maximum atomic E-state index is 12.5. The molecule has 118 valence electrons. The molecule has 0 unspecified atom stereocenters. The van der Waals surface area contributed by atoms with Crippen molar-refractivity contribution in [3.05, 3.63) is 36.0 Å². The van der Waals surface area contributed by atoms with Gasteiger partial charge in [0.1, 0.15) is 6.54 Å². The van der Waals surface area contributed by atoms with E-state index in [0.29, 0.717) is 24.4 Å². The summed E-state index contributed by atoms with van der Waals surface area (Å²) in [7, 11) is 0. The van der Waals surface area contributed by atoms with Crippen LogP contribution < -0.4 is 5.32 Å². The summed E-state index contributed by atoms with van der Waals surface area (Å²) >= 11 is 0. The van der Waals surface area contributed by atoms with Crippen molar-refractivity contribution < 1.29 is 4.79 Å². The minimum Gasteiger partial charge on any atom is -0.352 e. The summed E-state index contributed by atoms with van der Waals surface area (Å²) in [6.07, 6.45) is 3.62. The molecule has 1 N–H and O–H groups in total. The molecule has 3 nitrogen and oxygen atoms in total. The highest BCUT2D eigenvalue weighted by Crippen LogP contribution is 2.29. The lowest BCUT2D eigenvalue weighted by Crippen LogP contribution is -2.44. The van der Waals surface area contributed by atoms with E-state index >= 15 is 0 Å². The van der Waals surface area contributed by atoms with E-state index in [4.69, 9.17) is 0 Å². The fourth-order valence-electron chi connectivity index (χ4n) is 3.74. The van der Waals surface area contributed by atoms with Gasteiger partial charge in [0, 0.05) is 17.3 Å². The van der Waals surface area contributed by atoms with Gasteiger partial charge in [-0.1, -0.05) is 44.9 Å². The van der Waals surface area contributed by atoms with Crippen LogP contribution >= 0.6 is 0 Å². The highest BCUT2D eigenvalue weighted by molar-refractivity contribution is 5.84. The summed E-state index contributed by atoms with van der Waals surface area (Å²) in [6.45, 7) is 7.05. The zero-order valence-electron chi connectivity index (χ0n) is 13.8. The molecule has 22 heavy (non-hydrogen) atoms. The van der Waals surface area contributed by atoms with Crippen molar-refractivity contribution in [2.24, 2.45) is 11.8 Å². The Labute approximate surface area is 132 Å². The van der Waals surface area contributed by atoms with Crippen molar-refractivity contribution in [1.29, 1.82) is 0 Å². The molecule has 1 aromatic carbocycles.